The number of rotatable bonds is 0. The third kappa shape index (κ3) is 1.33. The molecule has 0 fully saturated rings. The van der Waals surface area contributed by atoms with E-state index in [1.807, 2.05) is 6.92 Å². The van der Waals surface area contributed by atoms with Crippen molar-refractivity contribution in [3.8, 4) is 5.75 Å². The monoisotopic (exact) mass is 175 g/mol. The summed E-state index contributed by atoms with van der Waals surface area (Å²) in [7, 11) is 0. The zero-order chi connectivity index (χ0) is 9.42. The number of carbonyl (C=O) groups excluding carboxylic acids is 1. The maximum absolute atomic E-state index is 11.5. The summed E-state index contributed by atoms with van der Waals surface area (Å²) in [6.07, 6.45) is 0.358. The molecule has 0 saturated carbocycles. The highest BCUT2D eigenvalue weighted by Gasteiger charge is 2.17. The van der Waals surface area contributed by atoms with Crippen LogP contribution in [0.4, 0.5) is 5.69 Å². The van der Waals surface area contributed by atoms with Gasteiger partial charge in [0, 0.05) is 17.7 Å². The first-order valence-electron chi connectivity index (χ1n) is 4.07. The van der Waals surface area contributed by atoms with E-state index in [9.17, 15) is 9.90 Å². The molecule has 1 aromatic carbocycles. The zero-order valence-corrected chi connectivity index (χ0v) is 7.24. The van der Waals surface area contributed by atoms with Crippen LogP contribution in [0, 0.1) is 0 Å². The summed E-state index contributed by atoms with van der Waals surface area (Å²) in [5.41, 5.74) is 2.00. The van der Waals surface area contributed by atoms with E-state index in [-0.39, 0.29) is 11.5 Å². The molecular formula is C10H9NO2. The van der Waals surface area contributed by atoms with Crippen LogP contribution in [0.15, 0.2) is 23.2 Å². The van der Waals surface area contributed by atoms with Crippen molar-refractivity contribution in [1.29, 1.82) is 0 Å². The number of hydrogen-bond acceptors (Lipinski definition) is 3. The number of phenolic OH excluding ortho intramolecular Hbond substituents is 1. The lowest BCUT2D eigenvalue weighted by Crippen LogP contribution is -2.10. The first-order chi connectivity index (χ1) is 6.16. The van der Waals surface area contributed by atoms with Crippen LogP contribution < -0.4 is 0 Å². The molecule has 0 spiro atoms. The molecule has 0 radical (unpaired) electrons. The largest absolute Gasteiger partial charge is 0.508 e. The standard InChI is InChI=1S/C10H9NO2/c1-6-4-10(13)8-5-7(12)2-3-9(8)11-6/h2-3,5,12H,4H2,1H3. The Morgan fingerprint density at radius 1 is 1.46 bits per heavy atom. The summed E-state index contributed by atoms with van der Waals surface area (Å²) in [6.45, 7) is 1.83. The highest BCUT2D eigenvalue weighted by Crippen LogP contribution is 2.28. The van der Waals surface area contributed by atoms with Gasteiger partial charge in [0.1, 0.15) is 5.75 Å². The lowest BCUT2D eigenvalue weighted by molar-refractivity contribution is 0.0999. The van der Waals surface area contributed by atoms with Crippen molar-refractivity contribution in [1.82, 2.24) is 0 Å². The molecular weight excluding hydrogens is 166 g/mol. The van der Waals surface area contributed by atoms with Gasteiger partial charge in [-0.2, -0.15) is 0 Å². The summed E-state index contributed by atoms with van der Waals surface area (Å²) >= 11 is 0. The third-order valence-electron chi connectivity index (χ3n) is 2.01. The first-order valence-corrected chi connectivity index (χ1v) is 4.07. The maximum atomic E-state index is 11.5. The fourth-order valence-electron chi connectivity index (χ4n) is 1.42. The fraction of sp³-hybridized carbons (Fsp3) is 0.200. The van der Waals surface area contributed by atoms with Crippen molar-refractivity contribution in [2.24, 2.45) is 4.99 Å². The Labute approximate surface area is 75.7 Å². The number of ketones is 1. The quantitative estimate of drug-likeness (QED) is 0.656. The van der Waals surface area contributed by atoms with E-state index in [0.717, 1.165) is 5.71 Å². The molecule has 0 unspecified atom stereocenters. The van der Waals surface area contributed by atoms with Crippen LogP contribution >= 0.6 is 0 Å². The Kier molecular flexibility index (Phi) is 1.65. The maximum Gasteiger partial charge on any atom is 0.170 e. The number of aliphatic imine (C=N–C) groups is 1. The minimum Gasteiger partial charge on any atom is -0.508 e. The summed E-state index contributed by atoms with van der Waals surface area (Å²) in [6, 6.07) is 4.66. The van der Waals surface area contributed by atoms with E-state index < -0.39 is 0 Å². The molecule has 0 aromatic heterocycles. The van der Waals surface area contributed by atoms with E-state index in [2.05, 4.69) is 4.99 Å². The van der Waals surface area contributed by atoms with Gasteiger partial charge < -0.3 is 5.11 Å². The number of hydrogen-bond donors (Lipinski definition) is 1. The normalized spacial score (nSPS) is 15.2. The second kappa shape index (κ2) is 2.69. The van der Waals surface area contributed by atoms with Crippen molar-refractivity contribution >= 4 is 17.2 Å². The molecule has 1 aromatic rings. The molecule has 1 aliphatic rings. The molecule has 1 aliphatic heterocycles. The van der Waals surface area contributed by atoms with E-state index in [1.165, 1.54) is 12.1 Å². The van der Waals surface area contributed by atoms with Gasteiger partial charge in [0.25, 0.3) is 0 Å². The SMILES string of the molecule is CC1=Nc2ccc(O)cc2C(=O)C1. The first kappa shape index (κ1) is 7.98. The van der Waals surface area contributed by atoms with E-state index in [1.54, 1.807) is 6.07 Å². The van der Waals surface area contributed by atoms with Crippen molar-refractivity contribution in [2.45, 2.75) is 13.3 Å². The highest BCUT2D eigenvalue weighted by atomic mass is 16.3. The van der Waals surface area contributed by atoms with Gasteiger partial charge in [0.05, 0.1) is 5.69 Å². The lowest BCUT2D eigenvalue weighted by atomic mass is 10.0. The Morgan fingerprint density at radius 3 is 3.00 bits per heavy atom. The third-order valence-corrected chi connectivity index (χ3v) is 2.01. The average molecular weight is 175 g/mol. The van der Waals surface area contributed by atoms with Crippen LogP contribution in [0.3, 0.4) is 0 Å². The van der Waals surface area contributed by atoms with Crippen LogP contribution in [0.5, 0.6) is 5.75 Å². The van der Waals surface area contributed by atoms with Gasteiger partial charge in [-0.25, -0.2) is 0 Å². The van der Waals surface area contributed by atoms with E-state index in [4.69, 9.17) is 0 Å². The number of aromatic hydroxyl groups is 1. The Balaban J connectivity index is 2.63. The van der Waals surface area contributed by atoms with Crippen LogP contribution in [0.2, 0.25) is 0 Å². The summed E-state index contributed by atoms with van der Waals surface area (Å²) < 4.78 is 0. The van der Waals surface area contributed by atoms with Gasteiger partial charge in [0.15, 0.2) is 5.78 Å². The van der Waals surface area contributed by atoms with Gasteiger partial charge in [0.2, 0.25) is 0 Å². The fourth-order valence-corrected chi connectivity index (χ4v) is 1.42. The second-order valence-corrected chi connectivity index (χ2v) is 3.15. The Bertz CT molecular complexity index is 407. The molecule has 1 N–H and O–H groups in total. The van der Waals surface area contributed by atoms with Gasteiger partial charge in [-0.1, -0.05) is 0 Å². The summed E-state index contributed by atoms with van der Waals surface area (Å²) in [5, 5.41) is 9.17. The van der Waals surface area contributed by atoms with E-state index >= 15 is 0 Å². The number of phenols is 1. The second-order valence-electron chi connectivity index (χ2n) is 3.15. The molecule has 3 nitrogen and oxygen atoms in total. The number of benzene rings is 1. The number of Topliss-reactive ketones (excluding diaryl/α,β-unsaturated/α-hetero) is 1. The Morgan fingerprint density at radius 2 is 2.23 bits per heavy atom. The molecule has 0 aliphatic carbocycles. The predicted molar refractivity (Wildman–Crippen MR) is 49.8 cm³/mol. The smallest absolute Gasteiger partial charge is 0.170 e. The predicted octanol–water partition coefficient (Wildman–Crippen LogP) is 2.07. The molecule has 0 bridgehead atoms. The minimum atomic E-state index is 0.0263. The molecule has 13 heavy (non-hydrogen) atoms. The molecule has 66 valence electrons. The van der Waals surface area contributed by atoms with Gasteiger partial charge in [-0.3, -0.25) is 9.79 Å². The van der Waals surface area contributed by atoms with E-state index in [0.29, 0.717) is 17.7 Å². The molecule has 0 saturated heterocycles. The van der Waals surface area contributed by atoms with Crippen LogP contribution in [0.1, 0.15) is 23.7 Å². The minimum absolute atomic E-state index is 0.0263. The number of fused-ring (bicyclic) bond motifs is 1. The molecule has 1 heterocycles. The highest BCUT2D eigenvalue weighted by molar-refractivity contribution is 6.15. The van der Waals surface area contributed by atoms with Crippen LogP contribution in [-0.2, 0) is 0 Å². The topological polar surface area (TPSA) is 49.7 Å². The van der Waals surface area contributed by atoms with Crippen molar-refractivity contribution in [3.05, 3.63) is 23.8 Å². The summed E-state index contributed by atoms with van der Waals surface area (Å²) in [5.74, 6) is 0.139. The lowest BCUT2D eigenvalue weighted by Gasteiger charge is -2.11. The number of carbonyl (C=O) groups is 1. The van der Waals surface area contributed by atoms with Gasteiger partial charge in [-0.15, -0.1) is 0 Å². The zero-order valence-electron chi connectivity index (χ0n) is 7.24. The molecule has 0 amide bonds. The van der Waals surface area contributed by atoms with Crippen LogP contribution in [0.25, 0.3) is 0 Å². The summed E-state index contributed by atoms with van der Waals surface area (Å²) in [4.78, 5) is 15.7. The van der Waals surface area contributed by atoms with Crippen LogP contribution in [-0.4, -0.2) is 16.6 Å². The van der Waals surface area contributed by atoms with Crippen molar-refractivity contribution in [3.63, 3.8) is 0 Å². The van der Waals surface area contributed by atoms with Gasteiger partial charge >= 0.3 is 0 Å². The van der Waals surface area contributed by atoms with Crippen molar-refractivity contribution < 1.29 is 9.90 Å². The Hall–Kier alpha value is -1.64. The molecule has 3 heteroatoms. The molecule has 0 atom stereocenters. The molecule has 2 rings (SSSR count). The van der Waals surface area contributed by atoms with Crippen molar-refractivity contribution in [2.75, 3.05) is 0 Å². The van der Waals surface area contributed by atoms with Gasteiger partial charge in [-0.05, 0) is 25.1 Å². The number of nitrogens with zero attached hydrogens (tertiary/aromatic N) is 1. The average Bonchev–Trinajstić information content (AvgIpc) is 2.06.